The lowest BCUT2D eigenvalue weighted by Crippen LogP contribution is -2.26. The van der Waals surface area contributed by atoms with Crippen LogP contribution < -0.4 is 10.1 Å². The number of pyridine rings is 1. The van der Waals surface area contributed by atoms with Gasteiger partial charge in [0.15, 0.2) is 0 Å². The van der Waals surface area contributed by atoms with Crippen molar-refractivity contribution >= 4 is 5.91 Å². The van der Waals surface area contributed by atoms with Crippen LogP contribution in [0.3, 0.4) is 0 Å². The van der Waals surface area contributed by atoms with Crippen LogP contribution in [-0.2, 0) is 6.42 Å². The maximum Gasteiger partial charge on any atom is 0.387 e. The van der Waals surface area contributed by atoms with Crippen molar-refractivity contribution in [3.63, 3.8) is 0 Å². The molecule has 0 saturated heterocycles. The number of carbonyl (C=O) groups excluding carboxylic acids is 1. The number of nitrogens with one attached hydrogen (secondary N) is 1. The number of amides is 1. The summed E-state index contributed by atoms with van der Waals surface area (Å²) in [6, 6.07) is 9.60. The molecule has 0 bridgehead atoms. The number of rotatable bonds is 6. The van der Waals surface area contributed by atoms with E-state index in [1.54, 1.807) is 18.5 Å². The summed E-state index contributed by atoms with van der Waals surface area (Å²) in [5.74, 6) is -0.582. The molecule has 0 atom stereocenters. The van der Waals surface area contributed by atoms with Gasteiger partial charge in [0.2, 0.25) is 0 Å². The van der Waals surface area contributed by atoms with E-state index in [1.807, 2.05) is 12.1 Å². The zero-order valence-electron chi connectivity index (χ0n) is 11.1. The molecule has 1 aromatic heterocycles. The van der Waals surface area contributed by atoms with Crippen LogP contribution in [0.25, 0.3) is 0 Å². The number of ether oxygens (including phenoxy) is 1. The molecule has 110 valence electrons. The fraction of sp³-hybridized carbons (Fsp3) is 0.200. The molecule has 1 N–H and O–H groups in total. The van der Waals surface area contributed by atoms with Crippen LogP contribution >= 0.6 is 0 Å². The number of para-hydroxylation sites is 1. The van der Waals surface area contributed by atoms with Crippen LogP contribution in [0, 0.1) is 0 Å². The molecule has 4 nitrogen and oxygen atoms in total. The lowest BCUT2D eigenvalue weighted by Gasteiger charge is -2.10. The minimum Gasteiger partial charge on any atom is -0.434 e. The van der Waals surface area contributed by atoms with Crippen LogP contribution in [-0.4, -0.2) is 24.0 Å². The minimum absolute atomic E-state index is 0.0870. The maximum atomic E-state index is 12.3. The molecule has 21 heavy (non-hydrogen) atoms. The van der Waals surface area contributed by atoms with Gasteiger partial charge in [-0.3, -0.25) is 9.78 Å². The molecule has 1 aromatic carbocycles. The topological polar surface area (TPSA) is 51.2 Å². The fourth-order valence-corrected chi connectivity index (χ4v) is 1.81. The van der Waals surface area contributed by atoms with Gasteiger partial charge in [-0.2, -0.15) is 8.78 Å². The van der Waals surface area contributed by atoms with Gasteiger partial charge in [0, 0.05) is 18.9 Å². The van der Waals surface area contributed by atoms with Gasteiger partial charge in [0.25, 0.3) is 5.91 Å². The highest BCUT2D eigenvalue weighted by atomic mass is 19.3. The van der Waals surface area contributed by atoms with Gasteiger partial charge < -0.3 is 10.1 Å². The highest BCUT2D eigenvalue weighted by Crippen LogP contribution is 2.19. The molecule has 1 heterocycles. The molecule has 0 fully saturated rings. The first-order chi connectivity index (χ1) is 10.2. The average Bonchev–Trinajstić information content (AvgIpc) is 2.48. The normalized spacial score (nSPS) is 10.4. The van der Waals surface area contributed by atoms with Crippen molar-refractivity contribution in [2.75, 3.05) is 6.54 Å². The van der Waals surface area contributed by atoms with Crippen molar-refractivity contribution in [3.05, 3.63) is 59.9 Å². The van der Waals surface area contributed by atoms with Gasteiger partial charge in [-0.15, -0.1) is 0 Å². The second-order valence-corrected chi connectivity index (χ2v) is 4.24. The Bertz CT molecular complexity index is 591. The Hall–Kier alpha value is -2.50. The van der Waals surface area contributed by atoms with Crippen molar-refractivity contribution < 1.29 is 18.3 Å². The third kappa shape index (κ3) is 4.52. The maximum absolute atomic E-state index is 12.3. The summed E-state index contributed by atoms with van der Waals surface area (Å²) in [5.41, 5.74) is 1.07. The quantitative estimate of drug-likeness (QED) is 0.890. The van der Waals surface area contributed by atoms with Crippen molar-refractivity contribution in [2.24, 2.45) is 0 Å². The van der Waals surface area contributed by atoms with E-state index in [0.717, 1.165) is 5.56 Å². The molecule has 0 spiro atoms. The summed E-state index contributed by atoms with van der Waals surface area (Å²) in [6.45, 7) is -2.58. The zero-order valence-corrected chi connectivity index (χ0v) is 11.1. The Morgan fingerprint density at radius 1 is 1.24 bits per heavy atom. The Kier molecular flexibility index (Phi) is 5.20. The lowest BCUT2D eigenvalue weighted by atomic mass is 10.1. The minimum atomic E-state index is -2.96. The fourth-order valence-electron chi connectivity index (χ4n) is 1.81. The summed E-state index contributed by atoms with van der Waals surface area (Å²) in [5, 5.41) is 2.67. The highest BCUT2D eigenvalue weighted by molar-refractivity contribution is 5.96. The molecule has 2 aromatic rings. The summed E-state index contributed by atoms with van der Waals surface area (Å²) in [4.78, 5) is 16.0. The van der Waals surface area contributed by atoms with Crippen LogP contribution in [0.5, 0.6) is 5.75 Å². The largest absolute Gasteiger partial charge is 0.434 e. The van der Waals surface area contributed by atoms with Crippen molar-refractivity contribution in [1.82, 2.24) is 10.3 Å². The monoisotopic (exact) mass is 292 g/mol. The number of benzene rings is 1. The van der Waals surface area contributed by atoms with E-state index >= 15 is 0 Å². The molecule has 0 radical (unpaired) electrons. The molecule has 1 amide bonds. The summed E-state index contributed by atoms with van der Waals surface area (Å²) in [6.07, 6.45) is 3.98. The van der Waals surface area contributed by atoms with Crippen LogP contribution in [0.2, 0.25) is 0 Å². The first-order valence-electron chi connectivity index (χ1n) is 6.38. The van der Waals surface area contributed by atoms with Gasteiger partial charge in [-0.1, -0.05) is 18.2 Å². The number of nitrogens with zero attached hydrogens (tertiary/aromatic N) is 1. The smallest absolute Gasteiger partial charge is 0.387 e. The summed E-state index contributed by atoms with van der Waals surface area (Å²) < 4.78 is 28.9. The Balaban J connectivity index is 1.94. The second-order valence-electron chi connectivity index (χ2n) is 4.24. The van der Waals surface area contributed by atoms with Crippen LogP contribution in [0.4, 0.5) is 8.78 Å². The predicted molar refractivity (Wildman–Crippen MR) is 73.3 cm³/mol. The van der Waals surface area contributed by atoms with Crippen molar-refractivity contribution in [2.45, 2.75) is 13.0 Å². The van der Waals surface area contributed by atoms with E-state index in [2.05, 4.69) is 15.0 Å². The molecule has 0 aliphatic heterocycles. The van der Waals surface area contributed by atoms with E-state index < -0.39 is 12.5 Å². The molecule has 0 saturated carbocycles. The Morgan fingerprint density at radius 2 is 2.05 bits per heavy atom. The van der Waals surface area contributed by atoms with E-state index in [-0.39, 0.29) is 11.3 Å². The number of hydrogen-bond donors (Lipinski definition) is 1. The van der Waals surface area contributed by atoms with E-state index in [4.69, 9.17) is 0 Å². The molecule has 0 aliphatic rings. The lowest BCUT2D eigenvalue weighted by molar-refractivity contribution is -0.0501. The molecular weight excluding hydrogens is 278 g/mol. The SMILES string of the molecule is O=C(NCCc1cccnc1)c1ccccc1OC(F)F. The standard InChI is InChI=1S/C15H14F2N2O2/c16-15(17)21-13-6-2-1-5-12(13)14(20)19-9-7-11-4-3-8-18-10-11/h1-6,8,10,15H,7,9H2,(H,19,20). The third-order valence-electron chi connectivity index (χ3n) is 2.77. The summed E-state index contributed by atoms with van der Waals surface area (Å²) >= 11 is 0. The Labute approximate surface area is 120 Å². The molecule has 0 unspecified atom stereocenters. The first-order valence-corrected chi connectivity index (χ1v) is 6.38. The van der Waals surface area contributed by atoms with E-state index in [0.29, 0.717) is 13.0 Å². The number of carbonyl (C=O) groups is 1. The van der Waals surface area contributed by atoms with Gasteiger partial charge in [-0.05, 0) is 30.2 Å². The van der Waals surface area contributed by atoms with E-state index in [9.17, 15) is 13.6 Å². The number of alkyl halides is 2. The molecular formula is C15H14F2N2O2. The van der Waals surface area contributed by atoms with Crippen molar-refractivity contribution in [1.29, 1.82) is 0 Å². The first kappa shape index (κ1) is 14.9. The van der Waals surface area contributed by atoms with Crippen LogP contribution in [0.15, 0.2) is 48.8 Å². The van der Waals surface area contributed by atoms with Gasteiger partial charge >= 0.3 is 6.61 Å². The highest BCUT2D eigenvalue weighted by Gasteiger charge is 2.14. The zero-order chi connectivity index (χ0) is 15.1. The number of hydrogen-bond acceptors (Lipinski definition) is 3. The third-order valence-corrected chi connectivity index (χ3v) is 2.77. The second kappa shape index (κ2) is 7.33. The molecule has 2 rings (SSSR count). The van der Waals surface area contributed by atoms with Crippen molar-refractivity contribution in [3.8, 4) is 5.75 Å². The van der Waals surface area contributed by atoms with Crippen LogP contribution in [0.1, 0.15) is 15.9 Å². The average molecular weight is 292 g/mol. The molecule has 0 aliphatic carbocycles. The number of halogens is 2. The number of aromatic nitrogens is 1. The van der Waals surface area contributed by atoms with E-state index in [1.165, 1.54) is 18.2 Å². The van der Waals surface area contributed by atoms with Gasteiger partial charge in [0.05, 0.1) is 5.56 Å². The van der Waals surface area contributed by atoms with Gasteiger partial charge in [0.1, 0.15) is 5.75 Å². The Morgan fingerprint density at radius 3 is 2.76 bits per heavy atom. The van der Waals surface area contributed by atoms with Gasteiger partial charge in [-0.25, -0.2) is 0 Å². The molecule has 6 heteroatoms. The summed E-state index contributed by atoms with van der Waals surface area (Å²) in [7, 11) is 0. The predicted octanol–water partition coefficient (Wildman–Crippen LogP) is 2.66.